The maximum Gasteiger partial charge on any atom is 0.296 e. The van der Waals surface area contributed by atoms with Gasteiger partial charge < -0.3 is 23.9 Å². The van der Waals surface area contributed by atoms with E-state index in [0.717, 1.165) is 11.1 Å². The molecule has 0 bridgehead atoms. The van der Waals surface area contributed by atoms with E-state index in [-0.39, 0.29) is 17.9 Å². The van der Waals surface area contributed by atoms with Gasteiger partial charge in [0.2, 0.25) is 0 Å². The molecule has 1 amide bonds. The van der Waals surface area contributed by atoms with E-state index in [0.29, 0.717) is 35.0 Å². The van der Waals surface area contributed by atoms with Crippen LogP contribution in [0.15, 0.2) is 101 Å². The van der Waals surface area contributed by atoms with Crippen molar-refractivity contribution in [1.29, 1.82) is 0 Å². The van der Waals surface area contributed by atoms with Gasteiger partial charge in [-0.2, -0.15) is 0 Å². The molecule has 1 atom stereocenters. The largest absolute Gasteiger partial charge is 0.507 e. The molecule has 0 radical (unpaired) electrons. The fourth-order valence-corrected chi connectivity index (χ4v) is 4.58. The van der Waals surface area contributed by atoms with Gasteiger partial charge in [0.25, 0.3) is 11.7 Å². The number of hydrogen-bond donors (Lipinski definition) is 1. The Morgan fingerprint density at radius 3 is 2.34 bits per heavy atom. The van der Waals surface area contributed by atoms with Crippen LogP contribution in [0, 0.1) is 6.92 Å². The molecule has 4 aromatic rings. The number of nitrogens with zero attached hydrogens (tertiary/aromatic N) is 1. The topological polar surface area (TPSA) is 89.2 Å². The summed E-state index contributed by atoms with van der Waals surface area (Å²) in [5.41, 5.74) is 3.29. The number of amides is 1. The highest BCUT2D eigenvalue weighted by Gasteiger charge is 2.46. The number of rotatable bonds is 8. The van der Waals surface area contributed by atoms with Crippen molar-refractivity contribution in [3.8, 4) is 11.5 Å². The van der Waals surface area contributed by atoms with E-state index in [9.17, 15) is 14.7 Å². The van der Waals surface area contributed by atoms with Crippen LogP contribution in [0.5, 0.6) is 11.5 Å². The molecule has 1 aromatic heterocycles. The molecule has 0 saturated carbocycles. The van der Waals surface area contributed by atoms with Gasteiger partial charge in [0.1, 0.15) is 29.6 Å². The number of carbonyl (C=O) groups is 2. The number of methoxy groups -OCH3 is 1. The van der Waals surface area contributed by atoms with E-state index in [4.69, 9.17) is 13.9 Å². The molecule has 5 rings (SSSR count). The van der Waals surface area contributed by atoms with Crippen molar-refractivity contribution < 1.29 is 28.6 Å². The second-order valence-electron chi connectivity index (χ2n) is 9.08. The Balaban J connectivity index is 1.46. The Labute approximate surface area is 220 Å². The van der Waals surface area contributed by atoms with Gasteiger partial charge in [-0.25, -0.2) is 0 Å². The molecular formula is C31H27NO6. The number of hydrogen-bond acceptors (Lipinski definition) is 6. The molecule has 0 aliphatic carbocycles. The Kier molecular flexibility index (Phi) is 7.00. The van der Waals surface area contributed by atoms with Gasteiger partial charge in [-0.1, -0.05) is 42.0 Å². The lowest BCUT2D eigenvalue weighted by atomic mass is 9.95. The number of aliphatic hydroxyl groups is 1. The minimum absolute atomic E-state index is 0.0140. The molecular weight excluding hydrogens is 482 g/mol. The highest BCUT2D eigenvalue weighted by atomic mass is 16.5. The van der Waals surface area contributed by atoms with Crippen molar-refractivity contribution in [2.24, 2.45) is 0 Å². The summed E-state index contributed by atoms with van der Waals surface area (Å²) in [5, 5.41) is 11.3. The number of aryl methyl sites for hydroxylation is 1. The lowest BCUT2D eigenvalue weighted by molar-refractivity contribution is -0.140. The molecule has 1 N–H and O–H groups in total. The summed E-state index contributed by atoms with van der Waals surface area (Å²) < 4.78 is 16.6. The normalized spacial score (nSPS) is 16.6. The Hall–Kier alpha value is -4.78. The van der Waals surface area contributed by atoms with E-state index in [2.05, 4.69) is 6.07 Å². The summed E-state index contributed by atoms with van der Waals surface area (Å²) in [7, 11) is 1.56. The van der Waals surface area contributed by atoms with E-state index in [1.54, 1.807) is 67.8 Å². The van der Waals surface area contributed by atoms with Gasteiger partial charge in [0.05, 0.1) is 31.5 Å². The van der Waals surface area contributed by atoms with Gasteiger partial charge in [-0.05, 0) is 66.6 Å². The summed E-state index contributed by atoms with van der Waals surface area (Å²) in [6.45, 7) is 2.51. The predicted molar refractivity (Wildman–Crippen MR) is 142 cm³/mol. The fraction of sp³-hybridized carbons (Fsp3) is 0.161. The third-order valence-electron chi connectivity index (χ3n) is 6.49. The fourth-order valence-electron chi connectivity index (χ4n) is 4.58. The minimum atomic E-state index is -0.803. The molecule has 192 valence electrons. The molecule has 1 saturated heterocycles. The summed E-state index contributed by atoms with van der Waals surface area (Å²) in [5.74, 6) is 0.0689. The van der Waals surface area contributed by atoms with Crippen LogP contribution in [-0.4, -0.2) is 28.8 Å². The Morgan fingerprint density at radius 2 is 1.68 bits per heavy atom. The van der Waals surface area contributed by atoms with Crippen LogP contribution >= 0.6 is 0 Å². The van der Waals surface area contributed by atoms with Crippen LogP contribution in [0.3, 0.4) is 0 Å². The number of likely N-dealkylation sites (tertiary alicyclic amines) is 1. The van der Waals surface area contributed by atoms with Crippen molar-refractivity contribution in [2.45, 2.75) is 26.1 Å². The van der Waals surface area contributed by atoms with Gasteiger partial charge in [0.15, 0.2) is 0 Å². The van der Waals surface area contributed by atoms with Gasteiger partial charge in [0, 0.05) is 5.56 Å². The average molecular weight is 510 g/mol. The molecule has 38 heavy (non-hydrogen) atoms. The first-order valence-corrected chi connectivity index (χ1v) is 12.2. The Morgan fingerprint density at radius 1 is 0.947 bits per heavy atom. The lowest BCUT2D eigenvalue weighted by Gasteiger charge is -2.24. The van der Waals surface area contributed by atoms with E-state index < -0.39 is 17.7 Å². The number of ketones is 1. The second kappa shape index (κ2) is 10.7. The molecule has 3 aromatic carbocycles. The second-order valence-corrected chi connectivity index (χ2v) is 9.08. The third-order valence-corrected chi connectivity index (χ3v) is 6.49. The van der Waals surface area contributed by atoms with Crippen LogP contribution in [0.4, 0.5) is 0 Å². The van der Waals surface area contributed by atoms with Crippen LogP contribution in [0.2, 0.25) is 0 Å². The highest BCUT2D eigenvalue weighted by molar-refractivity contribution is 6.46. The molecule has 1 fully saturated rings. The number of aliphatic hydroxyl groups excluding tert-OH is 1. The molecule has 1 aliphatic heterocycles. The van der Waals surface area contributed by atoms with Crippen LogP contribution < -0.4 is 9.47 Å². The molecule has 2 heterocycles. The highest BCUT2D eigenvalue weighted by Crippen LogP contribution is 2.40. The van der Waals surface area contributed by atoms with Crippen molar-refractivity contribution in [3.05, 3.63) is 125 Å². The quantitative estimate of drug-likeness (QED) is 0.184. The molecule has 7 heteroatoms. The van der Waals surface area contributed by atoms with Gasteiger partial charge in [-0.15, -0.1) is 0 Å². The molecule has 0 unspecified atom stereocenters. The molecule has 1 aliphatic rings. The lowest BCUT2D eigenvalue weighted by Crippen LogP contribution is -2.29. The zero-order chi connectivity index (χ0) is 26.6. The van der Waals surface area contributed by atoms with Crippen LogP contribution in [-0.2, 0) is 22.7 Å². The van der Waals surface area contributed by atoms with Crippen molar-refractivity contribution >= 4 is 17.4 Å². The van der Waals surface area contributed by atoms with Crippen molar-refractivity contribution in [1.82, 2.24) is 4.90 Å². The monoisotopic (exact) mass is 509 g/mol. The SMILES string of the molecule is COc1ccc([C@H]2C(=C(O)c3ccc(OCc4cccc(C)c4)cc3)C(=O)C(=O)N2Cc2ccco2)cc1. The number of benzene rings is 3. The summed E-state index contributed by atoms with van der Waals surface area (Å²) >= 11 is 0. The number of furan rings is 1. The maximum atomic E-state index is 13.2. The maximum absolute atomic E-state index is 13.2. The number of ether oxygens (including phenoxy) is 2. The minimum Gasteiger partial charge on any atom is -0.507 e. The summed E-state index contributed by atoms with van der Waals surface area (Å²) in [4.78, 5) is 27.8. The number of carbonyl (C=O) groups excluding carboxylic acids is 2. The number of Topliss-reactive ketones (excluding diaryl/α,β-unsaturated/α-hetero) is 1. The van der Waals surface area contributed by atoms with Crippen LogP contribution in [0.25, 0.3) is 5.76 Å². The van der Waals surface area contributed by atoms with E-state index >= 15 is 0 Å². The van der Waals surface area contributed by atoms with Crippen molar-refractivity contribution in [3.63, 3.8) is 0 Å². The smallest absolute Gasteiger partial charge is 0.296 e. The first kappa shape index (κ1) is 24.9. The van der Waals surface area contributed by atoms with Gasteiger partial charge in [-0.3, -0.25) is 9.59 Å². The molecule has 0 spiro atoms. The van der Waals surface area contributed by atoms with Gasteiger partial charge >= 0.3 is 0 Å². The van der Waals surface area contributed by atoms with Crippen LogP contribution in [0.1, 0.15) is 34.1 Å². The first-order chi connectivity index (χ1) is 18.4. The van der Waals surface area contributed by atoms with Crippen molar-refractivity contribution in [2.75, 3.05) is 7.11 Å². The summed E-state index contributed by atoms with van der Waals surface area (Å²) in [6.07, 6.45) is 1.51. The average Bonchev–Trinajstić information content (AvgIpc) is 3.54. The Bertz CT molecular complexity index is 1470. The molecule has 7 nitrogen and oxygen atoms in total. The predicted octanol–water partition coefficient (Wildman–Crippen LogP) is 5.80. The zero-order valence-corrected chi connectivity index (χ0v) is 21.1. The first-order valence-electron chi connectivity index (χ1n) is 12.2. The zero-order valence-electron chi connectivity index (χ0n) is 21.1. The van der Waals surface area contributed by atoms with E-state index in [1.807, 2.05) is 25.1 Å². The van der Waals surface area contributed by atoms with E-state index in [1.165, 1.54) is 11.2 Å². The third kappa shape index (κ3) is 5.04. The summed E-state index contributed by atoms with van der Waals surface area (Å²) in [6, 6.07) is 24.6. The standard InChI is InChI=1S/C31H27NO6/c1-20-5-3-6-21(17-20)19-38-25-14-10-23(11-15-25)29(33)27-28(22-8-12-24(36-2)13-9-22)32(31(35)30(27)34)18-26-7-4-16-37-26/h3-17,28,33H,18-19H2,1-2H3/t28-/m0/s1.